The number of carbonyl (C=O) groups excluding carboxylic acids is 2. The number of anilines is 1. The summed E-state index contributed by atoms with van der Waals surface area (Å²) in [6, 6.07) is 10.8. The number of carbonyl (C=O) groups is 2. The molecule has 0 aromatic heterocycles. The van der Waals surface area contributed by atoms with Gasteiger partial charge in [-0.3, -0.25) is 10.2 Å². The Bertz CT molecular complexity index is 810. The smallest absolute Gasteiger partial charge is 0.337 e. The van der Waals surface area contributed by atoms with E-state index in [2.05, 4.69) is 30.0 Å². The quantitative estimate of drug-likeness (QED) is 0.601. The van der Waals surface area contributed by atoms with Gasteiger partial charge in [-0.1, -0.05) is 25.4 Å². The van der Waals surface area contributed by atoms with Crippen LogP contribution in [0.5, 0.6) is 11.5 Å². The zero-order valence-electron chi connectivity index (χ0n) is 16.0. The first kappa shape index (κ1) is 21.4. The Morgan fingerprint density at radius 3 is 2.39 bits per heavy atom. The van der Waals surface area contributed by atoms with E-state index in [0.717, 1.165) is 6.42 Å². The molecule has 0 fully saturated rings. The number of halogens is 1. The number of methoxy groups -OCH3 is 1. The lowest BCUT2D eigenvalue weighted by atomic mass is 10.1. The predicted octanol–water partition coefficient (Wildman–Crippen LogP) is 4.24. The van der Waals surface area contributed by atoms with Crippen molar-refractivity contribution in [2.24, 2.45) is 5.92 Å². The van der Waals surface area contributed by atoms with Crippen molar-refractivity contribution in [3.63, 3.8) is 0 Å². The maximum absolute atomic E-state index is 12.3. The summed E-state index contributed by atoms with van der Waals surface area (Å²) in [4.78, 5) is 24.1. The molecule has 0 heterocycles. The molecule has 0 spiro atoms. The van der Waals surface area contributed by atoms with Crippen molar-refractivity contribution in [3.8, 4) is 11.5 Å². The van der Waals surface area contributed by atoms with Gasteiger partial charge in [0.1, 0.15) is 0 Å². The number of rotatable bonds is 7. The molecule has 0 aliphatic rings. The van der Waals surface area contributed by atoms with Crippen molar-refractivity contribution in [2.45, 2.75) is 20.3 Å². The maximum atomic E-state index is 12.3. The Labute approximate surface area is 169 Å². The molecule has 0 bridgehead atoms. The molecule has 2 rings (SSSR count). The Kier molecular flexibility index (Phi) is 7.95. The number of hydrogen-bond acceptors (Lipinski definition) is 4. The molecule has 28 heavy (non-hydrogen) atoms. The highest BCUT2D eigenvalue weighted by atomic mass is 35.5. The minimum Gasteiger partial charge on any atom is -0.493 e. The first-order valence-corrected chi connectivity index (χ1v) is 9.20. The highest BCUT2D eigenvalue weighted by Crippen LogP contribution is 2.28. The van der Waals surface area contributed by atoms with Crippen LogP contribution >= 0.6 is 11.6 Å². The number of ether oxygens (including phenoxy) is 2. The predicted molar refractivity (Wildman–Crippen MR) is 109 cm³/mol. The van der Waals surface area contributed by atoms with Crippen molar-refractivity contribution in [1.29, 1.82) is 0 Å². The van der Waals surface area contributed by atoms with Crippen molar-refractivity contribution in [1.82, 2.24) is 10.9 Å². The van der Waals surface area contributed by atoms with Gasteiger partial charge in [-0.2, -0.15) is 0 Å². The van der Waals surface area contributed by atoms with Gasteiger partial charge in [0.05, 0.1) is 13.7 Å². The SMILES string of the molecule is COc1cc(C(=O)NNC(=O)Nc2ccc(Cl)cc2)ccc1OCCC(C)C. The summed E-state index contributed by atoms with van der Waals surface area (Å²) >= 11 is 5.79. The zero-order chi connectivity index (χ0) is 20.5. The molecular formula is C20H24ClN3O4. The fraction of sp³-hybridized carbons (Fsp3) is 0.300. The summed E-state index contributed by atoms with van der Waals surface area (Å²) in [7, 11) is 1.50. The van der Waals surface area contributed by atoms with Gasteiger partial charge in [-0.15, -0.1) is 0 Å². The molecule has 0 saturated heterocycles. The highest BCUT2D eigenvalue weighted by molar-refractivity contribution is 6.30. The van der Waals surface area contributed by atoms with Gasteiger partial charge in [0.15, 0.2) is 11.5 Å². The molecule has 0 saturated carbocycles. The van der Waals surface area contributed by atoms with E-state index in [0.29, 0.717) is 40.3 Å². The fourth-order valence-electron chi connectivity index (χ4n) is 2.21. The molecule has 0 unspecified atom stereocenters. The third kappa shape index (κ3) is 6.66. The Hall–Kier alpha value is -2.93. The molecule has 3 N–H and O–H groups in total. The van der Waals surface area contributed by atoms with E-state index in [-0.39, 0.29) is 0 Å². The second kappa shape index (κ2) is 10.4. The average Bonchev–Trinajstić information content (AvgIpc) is 2.67. The van der Waals surface area contributed by atoms with Crippen LogP contribution in [0.3, 0.4) is 0 Å². The van der Waals surface area contributed by atoms with Crippen LogP contribution in [0.25, 0.3) is 0 Å². The van der Waals surface area contributed by atoms with Crippen LogP contribution in [0.15, 0.2) is 42.5 Å². The van der Waals surface area contributed by atoms with Gasteiger partial charge < -0.3 is 14.8 Å². The third-order valence-corrected chi connectivity index (χ3v) is 4.02. The number of benzene rings is 2. The van der Waals surface area contributed by atoms with Crippen molar-refractivity contribution < 1.29 is 19.1 Å². The lowest BCUT2D eigenvalue weighted by Gasteiger charge is -2.13. The molecule has 2 aromatic rings. The molecule has 3 amide bonds. The minimum absolute atomic E-state index is 0.319. The molecular weight excluding hydrogens is 382 g/mol. The summed E-state index contributed by atoms with van der Waals surface area (Å²) in [5, 5.41) is 3.13. The molecule has 0 atom stereocenters. The lowest BCUT2D eigenvalue weighted by molar-refractivity contribution is 0.0937. The maximum Gasteiger partial charge on any atom is 0.337 e. The van der Waals surface area contributed by atoms with Crippen LogP contribution in [0.4, 0.5) is 10.5 Å². The molecule has 8 heteroatoms. The number of hydrogen-bond donors (Lipinski definition) is 3. The van der Waals surface area contributed by atoms with E-state index >= 15 is 0 Å². The van der Waals surface area contributed by atoms with E-state index in [9.17, 15) is 9.59 Å². The topological polar surface area (TPSA) is 88.7 Å². The van der Waals surface area contributed by atoms with Gasteiger partial charge in [-0.05, 0) is 54.8 Å². The van der Waals surface area contributed by atoms with Gasteiger partial charge in [0.2, 0.25) is 0 Å². The normalized spacial score (nSPS) is 10.3. The first-order chi connectivity index (χ1) is 13.4. The van der Waals surface area contributed by atoms with Gasteiger partial charge >= 0.3 is 6.03 Å². The summed E-state index contributed by atoms with van der Waals surface area (Å²) in [6.07, 6.45) is 0.915. The first-order valence-electron chi connectivity index (χ1n) is 8.82. The zero-order valence-corrected chi connectivity index (χ0v) is 16.8. The monoisotopic (exact) mass is 405 g/mol. The molecule has 7 nitrogen and oxygen atoms in total. The van der Waals surface area contributed by atoms with Gasteiger partial charge in [0.25, 0.3) is 5.91 Å². The van der Waals surface area contributed by atoms with Gasteiger partial charge in [-0.25, -0.2) is 10.2 Å². The minimum atomic E-state index is -0.587. The van der Waals surface area contributed by atoms with Crippen molar-refractivity contribution in [3.05, 3.63) is 53.1 Å². The van der Waals surface area contributed by atoms with Crippen molar-refractivity contribution >= 4 is 29.2 Å². The fourth-order valence-corrected chi connectivity index (χ4v) is 2.34. The summed E-state index contributed by atoms with van der Waals surface area (Å²) in [5.41, 5.74) is 5.49. The summed E-state index contributed by atoms with van der Waals surface area (Å²) in [5.74, 6) is 1.05. The van der Waals surface area contributed by atoms with E-state index in [4.69, 9.17) is 21.1 Å². The number of amides is 3. The average molecular weight is 406 g/mol. The van der Waals surface area contributed by atoms with Crippen LogP contribution in [-0.2, 0) is 0 Å². The second-order valence-corrected chi connectivity index (χ2v) is 6.87. The van der Waals surface area contributed by atoms with Crippen LogP contribution < -0.4 is 25.6 Å². The number of urea groups is 1. The second-order valence-electron chi connectivity index (χ2n) is 6.44. The third-order valence-electron chi connectivity index (χ3n) is 3.77. The molecule has 0 aliphatic carbocycles. The number of nitrogens with one attached hydrogen (secondary N) is 3. The van der Waals surface area contributed by atoms with E-state index in [1.54, 1.807) is 42.5 Å². The van der Waals surface area contributed by atoms with E-state index < -0.39 is 11.9 Å². The molecule has 0 aliphatic heterocycles. The largest absolute Gasteiger partial charge is 0.493 e. The molecule has 150 valence electrons. The molecule has 2 aromatic carbocycles. The van der Waals surface area contributed by atoms with Crippen LogP contribution in [0, 0.1) is 5.92 Å². The highest BCUT2D eigenvalue weighted by Gasteiger charge is 2.12. The van der Waals surface area contributed by atoms with Crippen LogP contribution in [0.1, 0.15) is 30.6 Å². The molecule has 0 radical (unpaired) electrons. The Balaban J connectivity index is 1.90. The van der Waals surface area contributed by atoms with Crippen molar-refractivity contribution in [2.75, 3.05) is 19.0 Å². The summed E-state index contributed by atoms with van der Waals surface area (Å²) < 4.78 is 11.0. The Morgan fingerprint density at radius 1 is 1.04 bits per heavy atom. The Morgan fingerprint density at radius 2 is 1.75 bits per heavy atom. The number of hydrazine groups is 1. The summed E-state index contributed by atoms with van der Waals surface area (Å²) in [6.45, 7) is 4.79. The lowest BCUT2D eigenvalue weighted by Crippen LogP contribution is -2.43. The van der Waals surface area contributed by atoms with Gasteiger partial charge in [0, 0.05) is 16.3 Å². The van der Waals surface area contributed by atoms with E-state index in [1.165, 1.54) is 7.11 Å². The standard InChI is InChI=1S/C20H24ClN3O4/c1-13(2)10-11-28-17-9-4-14(12-18(17)27-3)19(25)23-24-20(26)22-16-7-5-15(21)6-8-16/h4-9,12-13H,10-11H2,1-3H3,(H,23,25)(H2,22,24,26). The van der Waals surface area contributed by atoms with Crippen LogP contribution in [0.2, 0.25) is 5.02 Å². The van der Waals surface area contributed by atoms with E-state index in [1.807, 2.05) is 0 Å². The van der Waals surface area contributed by atoms with Crippen LogP contribution in [-0.4, -0.2) is 25.7 Å².